The van der Waals surface area contributed by atoms with Gasteiger partial charge >= 0.3 is 5.97 Å². The highest BCUT2D eigenvalue weighted by molar-refractivity contribution is 5.76. The molecule has 0 spiro atoms. The number of rotatable bonds is 6. The smallest absolute Gasteiger partial charge is 0.311 e. The molecule has 1 aliphatic heterocycles. The molecule has 0 aromatic carbocycles. The van der Waals surface area contributed by atoms with Gasteiger partial charge in [0, 0.05) is 12.6 Å². The molecular formula is C19H30FN5O3. The Balaban J connectivity index is 1.59. The number of nitrogens with zero attached hydrogens (tertiary/aromatic N) is 2. The predicted molar refractivity (Wildman–Crippen MR) is 105 cm³/mol. The lowest BCUT2D eigenvalue weighted by Gasteiger charge is -2.35. The number of ether oxygens (including phenoxy) is 2. The topological polar surface area (TPSA) is 111 Å². The van der Waals surface area contributed by atoms with Crippen molar-refractivity contribution in [1.29, 1.82) is 0 Å². The summed E-state index contributed by atoms with van der Waals surface area (Å²) < 4.78 is 24.3. The molecule has 2 fully saturated rings. The summed E-state index contributed by atoms with van der Waals surface area (Å²) in [6.07, 6.45) is 4.10. The lowest BCUT2D eigenvalue weighted by molar-refractivity contribution is -0.156. The van der Waals surface area contributed by atoms with Crippen LogP contribution < -0.4 is 16.4 Å². The average molecular weight is 395 g/mol. The number of esters is 1. The molecule has 9 heteroatoms. The lowest BCUT2D eigenvalue weighted by Crippen LogP contribution is -2.40. The van der Waals surface area contributed by atoms with Gasteiger partial charge in [-0.05, 0) is 46.0 Å². The third-order valence-corrected chi connectivity index (χ3v) is 5.62. The van der Waals surface area contributed by atoms with Gasteiger partial charge in [0.15, 0.2) is 5.82 Å². The maximum Gasteiger partial charge on any atom is 0.311 e. The molecule has 1 aromatic heterocycles. The van der Waals surface area contributed by atoms with E-state index >= 15 is 0 Å². The molecule has 1 saturated carbocycles. The summed E-state index contributed by atoms with van der Waals surface area (Å²) in [5, 5.41) is 6.40. The van der Waals surface area contributed by atoms with E-state index in [0.29, 0.717) is 37.1 Å². The van der Waals surface area contributed by atoms with Crippen LogP contribution >= 0.6 is 0 Å². The number of anilines is 3. The van der Waals surface area contributed by atoms with Gasteiger partial charge in [0.05, 0.1) is 36.6 Å². The highest BCUT2D eigenvalue weighted by atomic mass is 19.1. The van der Waals surface area contributed by atoms with E-state index in [4.69, 9.17) is 15.2 Å². The van der Waals surface area contributed by atoms with Crippen LogP contribution in [0.25, 0.3) is 0 Å². The van der Waals surface area contributed by atoms with Gasteiger partial charge in [-0.3, -0.25) is 4.79 Å². The number of hydrogen-bond donors (Lipinski definition) is 3. The van der Waals surface area contributed by atoms with Crippen LogP contribution in [0.15, 0.2) is 6.20 Å². The molecule has 0 bridgehead atoms. The van der Waals surface area contributed by atoms with E-state index in [1.165, 1.54) is 6.20 Å². The van der Waals surface area contributed by atoms with Gasteiger partial charge in [-0.2, -0.15) is 4.98 Å². The molecule has 2 heterocycles. The second kappa shape index (κ2) is 8.89. The van der Waals surface area contributed by atoms with Crippen molar-refractivity contribution in [3.63, 3.8) is 0 Å². The molecule has 2 atom stereocenters. The van der Waals surface area contributed by atoms with Crippen molar-refractivity contribution < 1.29 is 18.7 Å². The van der Waals surface area contributed by atoms with Crippen LogP contribution in [0.5, 0.6) is 0 Å². The van der Waals surface area contributed by atoms with Gasteiger partial charge in [0.1, 0.15) is 6.17 Å². The van der Waals surface area contributed by atoms with E-state index in [1.54, 1.807) is 0 Å². The van der Waals surface area contributed by atoms with E-state index in [9.17, 15) is 9.18 Å². The Morgan fingerprint density at radius 3 is 2.82 bits per heavy atom. The molecule has 4 N–H and O–H groups in total. The molecule has 28 heavy (non-hydrogen) atoms. The summed E-state index contributed by atoms with van der Waals surface area (Å²) in [5.74, 6) is 0.752. The number of nitrogens with one attached hydrogen (secondary N) is 2. The number of nitrogens with two attached hydrogens (primary N) is 1. The van der Waals surface area contributed by atoms with Crippen LogP contribution in [0.4, 0.5) is 21.8 Å². The summed E-state index contributed by atoms with van der Waals surface area (Å²) >= 11 is 0. The molecule has 1 aromatic rings. The Hall–Kier alpha value is -2.16. The highest BCUT2D eigenvalue weighted by Crippen LogP contribution is 2.38. The van der Waals surface area contributed by atoms with Gasteiger partial charge in [0.2, 0.25) is 5.95 Å². The zero-order chi connectivity index (χ0) is 20.1. The molecule has 156 valence electrons. The summed E-state index contributed by atoms with van der Waals surface area (Å²) in [7, 11) is 0. The van der Waals surface area contributed by atoms with Gasteiger partial charge in [-0.1, -0.05) is 0 Å². The number of halogens is 1. The standard InChI is InChI=1S/C19H30FN5O3/c1-3-28-17(26)19(2)7-4-12(5-8-19)23-16-14(21)10-22-18(25-16)24-15-6-9-27-11-13(15)20/h10,12-13,15H,3-9,11,21H2,1-2H3,(H2,22,23,24,25)/t12?,13-,15+,19?/m1/s1. The van der Waals surface area contributed by atoms with Crippen molar-refractivity contribution in [3.8, 4) is 0 Å². The maximum absolute atomic E-state index is 14.0. The third kappa shape index (κ3) is 4.81. The van der Waals surface area contributed by atoms with E-state index in [2.05, 4.69) is 20.6 Å². The number of carbonyl (C=O) groups is 1. The van der Waals surface area contributed by atoms with Crippen molar-refractivity contribution in [1.82, 2.24) is 9.97 Å². The van der Waals surface area contributed by atoms with Crippen molar-refractivity contribution in [2.24, 2.45) is 5.41 Å². The first kappa shape index (κ1) is 20.6. The number of hydrogen-bond acceptors (Lipinski definition) is 8. The van der Waals surface area contributed by atoms with E-state index in [1.807, 2.05) is 13.8 Å². The van der Waals surface area contributed by atoms with Crippen molar-refractivity contribution in [3.05, 3.63) is 6.20 Å². The summed E-state index contributed by atoms with van der Waals surface area (Å²) in [6, 6.07) is -0.213. The van der Waals surface area contributed by atoms with Crippen molar-refractivity contribution in [2.75, 3.05) is 36.2 Å². The normalized spacial score (nSPS) is 30.5. The number of nitrogen functional groups attached to an aromatic ring is 1. The minimum atomic E-state index is -1.09. The van der Waals surface area contributed by atoms with Gasteiger partial charge < -0.3 is 25.8 Å². The van der Waals surface area contributed by atoms with Crippen LogP contribution in [0, 0.1) is 5.41 Å². The SMILES string of the molecule is CCOC(=O)C1(C)CCC(Nc2nc(N[C@H]3CCOC[C@H]3F)ncc2N)CC1. The quantitative estimate of drug-likeness (QED) is 0.630. The van der Waals surface area contributed by atoms with Crippen LogP contribution in [0.1, 0.15) is 46.0 Å². The first-order chi connectivity index (χ1) is 13.4. The van der Waals surface area contributed by atoms with Crippen LogP contribution in [0.3, 0.4) is 0 Å². The molecule has 0 amide bonds. The minimum absolute atomic E-state index is 0.0824. The molecule has 8 nitrogen and oxygen atoms in total. The highest BCUT2D eigenvalue weighted by Gasteiger charge is 2.39. The lowest BCUT2D eigenvalue weighted by atomic mass is 9.74. The Labute approximate surface area is 164 Å². The summed E-state index contributed by atoms with van der Waals surface area (Å²) in [6.45, 7) is 4.78. The fourth-order valence-corrected chi connectivity index (χ4v) is 3.71. The number of aromatic nitrogens is 2. The van der Waals surface area contributed by atoms with Gasteiger partial charge in [0.25, 0.3) is 0 Å². The number of carbonyl (C=O) groups excluding carboxylic acids is 1. The fraction of sp³-hybridized carbons (Fsp3) is 0.737. The first-order valence-electron chi connectivity index (χ1n) is 9.96. The summed E-state index contributed by atoms with van der Waals surface area (Å²) in [4.78, 5) is 20.8. The monoisotopic (exact) mass is 395 g/mol. The van der Waals surface area contributed by atoms with Crippen LogP contribution in [-0.2, 0) is 14.3 Å². The zero-order valence-electron chi connectivity index (χ0n) is 16.5. The molecule has 2 aliphatic rings. The second-order valence-corrected chi connectivity index (χ2v) is 7.83. The molecule has 0 unspecified atom stereocenters. The largest absolute Gasteiger partial charge is 0.466 e. The van der Waals surface area contributed by atoms with Gasteiger partial charge in [-0.25, -0.2) is 9.37 Å². The van der Waals surface area contributed by atoms with Gasteiger partial charge in [-0.15, -0.1) is 0 Å². The van der Waals surface area contributed by atoms with E-state index < -0.39 is 11.6 Å². The Morgan fingerprint density at radius 1 is 1.39 bits per heavy atom. The Bertz CT molecular complexity index is 682. The average Bonchev–Trinajstić information content (AvgIpc) is 2.68. The van der Waals surface area contributed by atoms with Crippen LogP contribution in [0.2, 0.25) is 0 Å². The van der Waals surface area contributed by atoms with E-state index in [0.717, 1.165) is 25.7 Å². The van der Waals surface area contributed by atoms with Crippen molar-refractivity contribution >= 4 is 23.4 Å². The molecule has 0 radical (unpaired) electrons. The molecule has 1 aliphatic carbocycles. The zero-order valence-corrected chi connectivity index (χ0v) is 16.5. The minimum Gasteiger partial charge on any atom is -0.466 e. The number of alkyl halides is 1. The van der Waals surface area contributed by atoms with E-state index in [-0.39, 0.29) is 24.7 Å². The summed E-state index contributed by atoms with van der Waals surface area (Å²) in [5.41, 5.74) is 6.03. The molecular weight excluding hydrogens is 365 g/mol. The Kier molecular flexibility index (Phi) is 6.53. The van der Waals surface area contributed by atoms with Crippen LogP contribution in [-0.4, -0.2) is 54.0 Å². The molecule has 1 saturated heterocycles. The first-order valence-corrected chi connectivity index (χ1v) is 9.96. The third-order valence-electron chi connectivity index (χ3n) is 5.62. The molecule has 3 rings (SSSR count). The fourth-order valence-electron chi connectivity index (χ4n) is 3.71. The second-order valence-electron chi connectivity index (χ2n) is 7.83. The predicted octanol–water partition coefficient (Wildman–Crippen LogP) is 2.52. The Morgan fingerprint density at radius 2 is 2.14 bits per heavy atom. The maximum atomic E-state index is 14.0. The van der Waals surface area contributed by atoms with Crippen molar-refractivity contribution in [2.45, 2.75) is 64.2 Å².